The molecule has 0 heterocycles. The normalized spacial score (nSPS) is 15.3. The van der Waals surface area contributed by atoms with Crippen LogP contribution in [0.5, 0.6) is 0 Å². The van der Waals surface area contributed by atoms with Gasteiger partial charge in [-0.1, -0.05) is 76.3 Å². The molecule has 3 saturated carbocycles. The Hall–Kier alpha value is -1.06. The minimum Gasteiger partial charge on any atom is -0.385 e. The first kappa shape index (κ1) is 52.3. The maximum Gasteiger partial charge on any atom is 0.0713 e. The van der Waals surface area contributed by atoms with E-state index in [0.29, 0.717) is 12.7 Å². The molecule has 0 aromatic heterocycles. The summed E-state index contributed by atoms with van der Waals surface area (Å²) >= 11 is 0. The van der Waals surface area contributed by atoms with Crippen LogP contribution in [0.2, 0.25) is 0 Å². The zero-order chi connectivity index (χ0) is 37.8. The van der Waals surface area contributed by atoms with Crippen LogP contribution >= 0.6 is 0 Å². The SMILES string of the molecule is COC(C)(C)C.COC(C)C.COCC1CC1.COCC1CCCCC1.COCCC(C)C.COCCC1CC1.COCc1ccccc1. The largest absolute Gasteiger partial charge is 0.385 e. The Morgan fingerprint density at radius 1 is 0.592 bits per heavy atom. The summed E-state index contributed by atoms with van der Waals surface area (Å²) in [5.74, 6) is 3.61. The summed E-state index contributed by atoms with van der Waals surface area (Å²) in [7, 11) is 12.2. The molecule has 0 unspecified atom stereocenters. The average Bonchev–Trinajstić information content (AvgIpc) is 4.03. The molecule has 0 spiro atoms. The zero-order valence-electron chi connectivity index (χ0n) is 34.9. The first-order chi connectivity index (χ1) is 23.3. The second-order valence-electron chi connectivity index (χ2n) is 14.8. The van der Waals surface area contributed by atoms with E-state index in [2.05, 4.69) is 13.8 Å². The highest BCUT2D eigenvalue weighted by atomic mass is 16.5. The van der Waals surface area contributed by atoms with Gasteiger partial charge in [0, 0.05) is 76.2 Å². The van der Waals surface area contributed by atoms with Crippen LogP contribution in [-0.2, 0) is 39.8 Å². The van der Waals surface area contributed by atoms with Crippen molar-refractivity contribution in [3.63, 3.8) is 0 Å². The highest BCUT2D eigenvalue weighted by Crippen LogP contribution is 2.32. The van der Waals surface area contributed by atoms with Crippen molar-refractivity contribution in [3.05, 3.63) is 35.9 Å². The molecule has 3 fully saturated rings. The first-order valence-corrected chi connectivity index (χ1v) is 18.9. The molecular formula is C42H84O7. The molecule has 0 N–H and O–H groups in total. The molecule has 3 aliphatic carbocycles. The number of hydrogen-bond donors (Lipinski definition) is 0. The van der Waals surface area contributed by atoms with Crippen LogP contribution in [0.1, 0.15) is 125 Å². The lowest BCUT2D eigenvalue weighted by Gasteiger charge is -2.19. The van der Waals surface area contributed by atoms with Gasteiger partial charge in [0.2, 0.25) is 0 Å². The molecule has 0 radical (unpaired) electrons. The molecule has 0 atom stereocenters. The van der Waals surface area contributed by atoms with Crippen molar-refractivity contribution in [2.24, 2.45) is 23.7 Å². The van der Waals surface area contributed by atoms with Crippen LogP contribution in [0.3, 0.4) is 0 Å². The minimum atomic E-state index is 0.0417. The van der Waals surface area contributed by atoms with Crippen molar-refractivity contribution >= 4 is 0 Å². The van der Waals surface area contributed by atoms with E-state index in [9.17, 15) is 0 Å². The Morgan fingerprint density at radius 2 is 1.04 bits per heavy atom. The molecule has 0 amide bonds. The maximum absolute atomic E-state index is 5.08. The summed E-state index contributed by atoms with van der Waals surface area (Å²) in [6.07, 6.45) is 15.6. The van der Waals surface area contributed by atoms with Crippen molar-refractivity contribution < 1.29 is 33.2 Å². The van der Waals surface area contributed by atoms with Crippen LogP contribution in [0.15, 0.2) is 30.3 Å². The van der Waals surface area contributed by atoms with E-state index in [4.69, 9.17) is 33.2 Å². The second kappa shape index (κ2) is 38.2. The highest BCUT2D eigenvalue weighted by molar-refractivity contribution is 5.13. The van der Waals surface area contributed by atoms with Gasteiger partial charge in [-0.25, -0.2) is 0 Å². The summed E-state index contributed by atoms with van der Waals surface area (Å²) in [5.41, 5.74) is 1.26. The summed E-state index contributed by atoms with van der Waals surface area (Å²) in [4.78, 5) is 0. The van der Waals surface area contributed by atoms with Crippen LogP contribution in [0, 0.1) is 23.7 Å². The lowest BCUT2D eigenvalue weighted by molar-refractivity contribution is 0.0397. The summed E-state index contributed by atoms with van der Waals surface area (Å²) in [5, 5.41) is 0. The number of rotatable bonds is 13. The number of ether oxygens (including phenoxy) is 7. The van der Waals surface area contributed by atoms with Crippen molar-refractivity contribution in [2.75, 3.05) is 76.2 Å². The van der Waals surface area contributed by atoms with Crippen molar-refractivity contribution in [1.29, 1.82) is 0 Å². The lowest BCUT2D eigenvalue weighted by atomic mass is 9.90. The van der Waals surface area contributed by atoms with Gasteiger partial charge in [-0.15, -0.1) is 0 Å². The van der Waals surface area contributed by atoms with Gasteiger partial charge in [0.25, 0.3) is 0 Å². The van der Waals surface area contributed by atoms with Crippen LogP contribution in [0.25, 0.3) is 0 Å². The zero-order valence-corrected chi connectivity index (χ0v) is 34.9. The molecule has 294 valence electrons. The Kier molecular flexibility index (Phi) is 40.8. The van der Waals surface area contributed by atoms with Gasteiger partial charge in [0.05, 0.1) is 18.3 Å². The summed E-state index contributed by atoms with van der Waals surface area (Å²) in [6, 6.07) is 10.1. The minimum absolute atomic E-state index is 0.0417. The van der Waals surface area contributed by atoms with Gasteiger partial charge in [0.15, 0.2) is 0 Å². The lowest BCUT2D eigenvalue weighted by Crippen LogP contribution is -2.15. The predicted octanol–water partition coefficient (Wildman–Crippen LogP) is 10.7. The molecule has 0 bridgehead atoms. The smallest absolute Gasteiger partial charge is 0.0713 e. The standard InChI is InChI=1S/C8H16O.C8H10O.C6H12O.C6H14O.C5H10O.C5H12O.C4H10O/c2*1-9-7-8-5-3-2-4-6-8;1-7-5-4-6-2-3-6;1-6(2)4-5-7-3;1-6-4-5-2-3-5;1-5(2,3)6-4;1-4(2)5-3/h8H,2-7H2,1H3;2-6H,7H2,1H3;6H,2-5H2,1H3;6H,4-5H2,1-3H3;5H,2-4H2,1H3;1-4H3;4H,1-3H3. The fourth-order valence-electron chi connectivity index (χ4n) is 3.90. The Labute approximate surface area is 305 Å². The van der Waals surface area contributed by atoms with Gasteiger partial charge >= 0.3 is 0 Å². The fraction of sp³-hybridized carbons (Fsp3) is 0.857. The molecule has 0 saturated heterocycles. The van der Waals surface area contributed by atoms with E-state index in [0.717, 1.165) is 50.1 Å². The molecule has 1 aromatic carbocycles. The first-order valence-electron chi connectivity index (χ1n) is 18.9. The van der Waals surface area contributed by atoms with Gasteiger partial charge < -0.3 is 33.2 Å². The Morgan fingerprint density at radius 3 is 1.33 bits per heavy atom. The highest BCUT2D eigenvalue weighted by Gasteiger charge is 2.20. The Balaban J connectivity index is -0.000000509. The second-order valence-corrected chi connectivity index (χ2v) is 14.8. The monoisotopic (exact) mass is 701 g/mol. The van der Waals surface area contributed by atoms with E-state index >= 15 is 0 Å². The van der Waals surface area contributed by atoms with Gasteiger partial charge in [-0.2, -0.15) is 0 Å². The van der Waals surface area contributed by atoms with Crippen molar-refractivity contribution in [1.82, 2.24) is 0 Å². The summed E-state index contributed by atoms with van der Waals surface area (Å²) in [6.45, 7) is 19.0. The van der Waals surface area contributed by atoms with E-state index in [-0.39, 0.29) is 5.60 Å². The van der Waals surface area contributed by atoms with Crippen molar-refractivity contribution in [2.45, 2.75) is 137 Å². The van der Waals surface area contributed by atoms with Crippen molar-refractivity contribution in [3.8, 4) is 0 Å². The third-order valence-electron chi connectivity index (χ3n) is 7.79. The molecule has 49 heavy (non-hydrogen) atoms. The molecule has 7 heteroatoms. The molecule has 7 nitrogen and oxygen atoms in total. The molecule has 1 aromatic rings. The van der Waals surface area contributed by atoms with E-state index in [1.807, 2.05) is 65.0 Å². The Bertz CT molecular complexity index is 714. The quantitative estimate of drug-likeness (QED) is 0.203. The third-order valence-corrected chi connectivity index (χ3v) is 7.79. The van der Waals surface area contributed by atoms with Gasteiger partial charge in [-0.05, 0) is 102 Å². The van der Waals surface area contributed by atoms with Gasteiger partial charge in [-0.3, -0.25) is 0 Å². The summed E-state index contributed by atoms with van der Waals surface area (Å²) < 4.78 is 34.3. The van der Waals surface area contributed by atoms with Crippen LogP contribution < -0.4 is 0 Å². The number of methoxy groups -OCH3 is 7. The molecule has 4 rings (SSSR count). The number of hydrogen-bond acceptors (Lipinski definition) is 7. The van der Waals surface area contributed by atoms with E-state index < -0.39 is 0 Å². The molecule has 0 aliphatic heterocycles. The fourth-order valence-corrected chi connectivity index (χ4v) is 3.90. The molecular weight excluding hydrogens is 616 g/mol. The molecule has 3 aliphatic rings. The third kappa shape index (κ3) is 51.4. The maximum atomic E-state index is 5.08. The predicted molar refractivity (Wildman–Crippen MR) is 210 cm³/mol. The van der Waals surface area contributed by atoms with E-state index in [1.54, 1.807) is 49.8 Å². The van der Waals surface area contributed by atoms with Crippen LogP contribution in [-0.4, -0.2) is 87.9 Å². The number of benzene rings is 1. The van der Waals surface area contributed by atoms with E-state index in [1.165, 1.54) is 76.2 Å². The average molecular weight is 701 g/mol. The topological polar surface area (TPSA) is 64.6 Å². The van der Waals surface area contributed by atoms with Crippen LogP contribution in [0.4, 0.5) is 0 Å². The van der Waals surface area contributed by atoms with Gasteiger partial charge in [0.1, 0.15) is 0 Å².